The molecule has 2 heterocycles. The molecule has 0 saturated heterocycles. The first-order chi connectivity index (χ1) is 10.0. The number of methoxy groups -OCH3 is 1. The number of pyridine rings is 1. The van der Waals surface area contributed by atoms with Gasteiger partial charge in [0, 0.05) is 11.8 Å². The molecule has 0 fully saturated rings. The number of rotatable bonds is 5. The van der Waals surface area contributed by atoms with Crippen LogP contribution in [0.2, 0.25) is 0 Å². The Labute approximate surface area is 122 Å². The molecule has 0 aromatic carbocycles. The second kappa shape index (κ2) is 6.21. The molecule has 0 unspecified atom stereocenters. The molecule has 0 aliphatic carbocycles. The minimum Gasteiger partial charge on any atom is -0.479 e. The van der Waals surface area contributed by atoms with Crippen molar-refractivity contribution in [1.82, 2.24) is 14.5 Å². The zero-order valence-corrected chi connectivity index (χ0v) is 12.2. The van der Waals surface area contributed by atoms with Crippen LogP contribution in [-0.2, 0) is 4.79 Å². The third kappa shape index (κ3) is 3.28. The van der Waals surface area contributed by atoms with Gasteiger partial charge in [0.2, 0.25) is 5.88 Å². The third-order valence-electron chi connectivity index (χ3n) is 3.02. The van der Waals surface area contributed by atoms with Gasteiger partial charge in [0.1, 0.15) is 5.69 Å². The van der Waals surface area contributed by atoms with E-state index in [-0.39, 0.29) is 0 Å². The van der Waals surface area contributed by atoms with Crippen molar-refractivity contribution in [1.29, 1.82) is 0 Å². The molecule has 2 aromatic heterocycles. The highest BCUT2D eigenvalue weighted by atomic mass is 16.5. The first-order valence-corrected chi connectivity index (χ1v) is 6.55. The molecule has 6 heteroatoms. The van der Waals surface area contributed by atoms with E-state index in [1.165, 1.54) is 7.11 Å². The van der Waals surface area contributed by atoms with E-state index >= 15 is 0 Å². The van der Waals surface area contributed by atoms with Crippen LogP contribution in [0.4, 0.5) is 0 Å². The maximum absolute atomic E-state index is 11.0. The lowest BCUT2D eigenvalue weighted by molar-refractivity contribution is -0.132. The Kier molecular flexibility index (Phi) is 4.37. The van der Waals surface area contributed by atoms with Gasteiger partial charge in [0.05, 0.1) is 24.8 Å². The van der Waals surface area contributed by atoms with Crippen molar-refractivity contribution in [2.24, 2.45) is 0 Å². The van der Waals surface area contributed by atoms with Crippen molar-refractivity contribution in [2.75, 3.05) is 7.11 Å². The molecule has 21 heavy (non-hydrogen) atoms. The van der Waals surface area contributed by atoms with E-state index in [2.05, 4.69) is 9.97 Å². The summed E-state index contributed by atoms with van der Waals surface area (Å²) in [5.74, 6) is -0.519. The molecule has 0 saturated carbocycles. The lowest BCUT2D eigenvalue weighted by Crippen LogP contribution is -2.01. The number of ether oxygens (including phenoxy) is 1. The van der Waals surface area contributed by atoms with Gasteiger partial charge in [-0.2, -0.15) is 0 Å². The molecule has 0 radical (unpaired) electrons. The van der Waals surface area contributed by atoms with Crippen molar-refractivity contribution in [3.05, 3.63) is 41.6 Å². The van der Waals surface area contributed by atoms with Crippen molar-refractivity contribution < 1.29 is 14.6 Å². The Hall–Kier alpha value is -2.63. The van der Waals surface area contributed by atoms with Gasteiger partial charge >= 0.3 is 5.97 Å². The Bertz CT molecular complexity index is 689. The van der Waals surface area contributed by atoms with E-state index < -0.39 is 5.97 Å². The van der Waals surface area contributed by atoms with Crippen LogP contribution in [-0.4, -0.2) is 32.7 Å². The standard InChI is InChI=1S/C15H17N3O3/c1-4-11(15(19)20)7-12-5-6-13(14(17-12)21-3)18-8-10(2)16-9-18/h5-9H,4H2,1-3H3,(H,19,20). The monoisotopic (exact) mass is 287 g/mol. The van der Waals surface area contributed by atoms with Gasteiger partial charge in [-0.15, -0.1) is 0 Å². The first kappa shape index (κ1) is 14.8. The number of hydrogen-bond acceptors (Lipinski definition) is 4. The molecule has 0 aliphatic heterocycles. The first-order valence-electron chi connectivity index (χ1n) is 6.55. The number of carboxylic acid groups (broad SMARTS) is 1. The highest BCUT2D eigenvalue weighted by Gasteiger charge is 2.10. The smallest absolute Gasteiger partial charge is 0.331 e. The van der Waals surface area contributed by atoms with Gasteiger partial charge in [0.15, 0.2) is 0 Å². The molecule has 0 spiro atoms. The highest BCUT2D eigenvalue weighted by molar-refractivity contribution is 5.91. The average molecular weight is 287 g/mol. The third-order valence-corrected chi connectivity index (χ3v) is 3.02. The minimum absolute atomic E-state index is 0.302. The molecule has 1 N–H and O–H groups in total. The largest absolute Gasteiger partial charge is 0.479 e. The average Bonchev–Trinajstić information content (AvgIpc) is 2.90. The summed E-state index contributed by atoms with van der Waals surface area (Å²) in [7, 11) is 1.53. The quantitative estimate of drug-likeness (QED) is 0.855. The number of carboxylic acids is 1. The van der Waals surface area contributed by atoms with Crippen LogP contribution in [0.5, 0.6) is 5.88 Å². The van der Waals surface area contributed by atoms with E-state index in [9.17, 15) is 4.79 Å². The summed E-state index contributed by atoms with van der Waals surface area (Å²) in [4.78, 5) is 19.5. The summed E-state index contributed by atoms with van der Waals surface area (Å²) in [5, 5.41) is 9.06. The Morgan fingerprint density at radius 3 is 2.76 bits per heavy atom. The zero-order chi connectivity index (χ0) is 15.4. The minimum atomic E-state index is -0.937. The fourth-order valence-electron chi connectivity index (χ4n) is 1.92. The maximum Gasteiger partial charge on any atom is 0.331 e. The fourth-order valence-corrected chi connectivity index (χ4v) is 1.92. The van der Waals surface area contributed by atoms with Crippen LogP contribution >= 0.6 is 0 Å². The van der Waals surface area contributed by atoms with Crippen molar-refractivity contribution >= 4 is 12.0 Å². The molecular formula is C15H17N3O3. The predicted octanol–water partition coefficient (Wildman–Crippen LogP) is 2.46. The van der Waals surface area contributed by atoms with Gasteiger partial charge in [-0.25, -0.2) is 14.8 Å². The van der Waals surface area contributed by atoms with Crippen LogP contribution in [0.3, 0.4) is 0 Å². The Morgan fingerprint density at radius 1 is 1.48 bits per heavy atom. The molecule has 6 nitrogen and oxygen atoms in total. The number of imidazole rings is 1. The molecule has 0 amide bonds. The van der Waals surface area contributed by atoms with Gasteiger partial charge in [0.25, 0.3) is 0 Å². The maximum atomic E-state index is 11.0. The lowest BCUT2D eigenvalue weighted by Gasteiger charge is -2.09. The molecule has 2 rings (SSSR count). The lowest BCUT2D eigenvalue weighted by atomic mass is 10.1. The molecule has 0 aliphatic rings. The summed E-state index contributed by atoms with van der Waals surface area (Å²) in [6.45, 7) is 3.69. The summed E-state index contributed by atoms with van der Waals surface area (Å²) in [6.07, 6.45) is 5.53. The van der Waals surface area contributed by atoms with E-state index in [0.29, 0.717) is 23.6 Å². The van der Waals surface area contributed by atoms with Crippen LogP contribution in [0.1, 0.15) is 24.7 Å². The summed E-state index contributed by atoms with van der Waals surface area (Å²) >= 11 is 0. The van der Waals surface area contributed by atoms with E-state index in [1.807, 2.05) is 23.8 Å². The van der Waals surface area contributed by atoms with Crippen LogP contribution in [0, 0.1) is 6.92 Å². The highest BCUT2D eigenvalue weighted by Crippen LogP contribution is 2.22. The molecule has 2 aromatic rings. The van der Waals surface area contributed by atoms with Crippen molar-refractivity contribution in [2.45, 2.75) is 20.3 Å². The number of aryl methyl sites for hydroxylation is 1. The van der Waals surface area contributed by atoms with E-state index in [4.69, 9.17) is 9.84 Å². The second-order valence-electron chi connectivity index (χ2n) is 4.52. The normalized spacial score (nSPS) is 11.5. The topological polar surface area (TPSA) is 77.2 Å². The van der Waals surface area contributed by atoms with E-state index in [0.717, 1.165) is 11.4 Å². The van der Waals surface area contributed by atoms with Crippen molar-refractivity contribution in [3.63, 3.8) is 0 Å². The van der Waals surface area contributed by atoms with Crippen LogP contribution in [0.25, 0.3) is 11.8 Å². The zero-order valence-electron chi connectivity index (χ0n) is 12.2. The second-order valence-corrected chi connectivity index (χ2v) is 4.52. The van der Waals surface area contributed by atoms with Crippen LogP contribution < -0.4 is 4.74 Å². The Morgan fingerprint density at radius 2 is 2.24 bits per heavy atom. The fraction of sp³-hybridized carbons (Fsp3) is 0.267. The van der Waals surface area contributed by atoms with Crippen molar-refractivity contribution in [3.8, 4) is 11.6 Å². The summed E-state index contributed by atoms with van der Waals surface area (Å²) < 4.78 is 7.10. The predicted molar refractivity (Wildman–Crippen MR) is 78.6 cm³/mol. The SMILES string of the molecule is CCC(=Cc1ccc(-n2cnc(C)c2)c(OC)n1)C(=O)O. The number of aromatic nitrogens is 3. The van der Waals surface area contributed by atoms with Gasteiger partial charge in [-0.1, -0.05) is 6.92 Å². The number of nitrogens with zero attached hydrogens (tertiary/aromatic N) is 3. The Balaban J connectivity index is 2.43. The van der Waals surface area contributed by atoms with Crippen LogP contribution in [0.15, 0.2) is 30.2 Å². The summed E-state index contributed by atoms with van der Waals surface area (Å²) in [6, 6.07) is 3.58. The molecule has 0 atom stereocenters. The summed E-state index contributed by atoms with van der Waals surface area (Å²) in [5.41, 5.74) is 2.49. The molecule has 0 bridgehead atoms. The number of carbonyl (C=O) groups is 1. The number of aliphatic carboxylic acids is 1. The van der Waals surface area contributed by atoms with E-state index in [1.54, 1.807) is 25.4 Å². The number of hydrogen-bond donors (Lipinski definition) is 1. The van der Waals surface area contributed by atoms with Gasteiger partial charge in [-0.3, -0.25) is 0 Å². The molecule has 110 valence electrons. The van der Waals surface area contributed by atoms with Gasteiger partial charge in [-0.05, 0) is 31.6 Å². The van der Waals surface area contributed by atoms with Gasteiger partial charge < -0.3 is 14.4 Å². The molecular weight excluding hydrogens is 270 g/mol.